The third-order valence-corrected chi connectivity index (χ3v) is 9.78. The maximum Gasteiger partial charge on any atom is 0.254 e. The highest BCUT2D eigenvalue weighted by atomic mass is 16.2. The molecule has 0 unspecified atom stereocenters. The van der Waals surface area contributed by atoms with Crippen molar-refractivity contribution >= 4 is 39.7 Å². The lowest BCUT2D eigenvalue weighted by Crippen LogP contribution is -2.41. The van der Waals surface area contributed by atoms with Crippen molar-refractivity contribution in [3.8, 4) is 0 Å². The lowest BCUT2D eigenvalue weighted by Gasteiger charge is -2.45. The highest BCUT2D eigenvalue weighted by Crippen LogP contribution is 2.61. The van der Waals surface area contributed by atoms with E-state index in [0.29, 0.717) is 6.54 Å². The number of carbonyl (C=O) groups is 2. The van der Waals surface area contributed by atoms with Crippen LogP contribution in [0.3, 0.4) is 0 Å². The van der Waals surface area contributed by atoms with Crippen LogP contribution in [0.1, 0.15) is 45.2 Å². The van der Waals surface area contributed by atoms with Crippen LogP contribution in [-0.2, 0) is 16.1 Å². The molecule has 2 heterocycles. The number of rotatable bonds is 4. The summed E-state index contributed by atoms with van der Waals surface area (Å²) in [4.78, 5) is 28.0. The Morgan fingerprint density at radius 1 is 0.605 bits per heavy atom. The fourth-order valence-corrected chi connectivity index (χ4v) is 8.02. The average molecular weight is 558 g/mol. The monoisotopic (exact) mass is 557 g/mol. The SMILES string of the molecule is O=C1[C@@H]2C3c4ccccc4C(c4ccccc43)[C@H]2C(=O)N1/N=C\c1cn(Cc2cccc3ccccc23)c2ccccc12. The fraction of sp³-hybridized carbons (Fsp3) is 0.132. The molecule has 5 heteroatoms. The van der Waals surface area contributed by atoms with Crippen LogP contribution in [0, 0.1) is 11.8 Å². The fourth-order valence-electron chi connectivity index (χ4n) is 8.02. The maximum absolute atomic E-state index is 14.0. The Morgan fingerprint density at radius 2 is 1.14 bits per heavy atom. The molecule has 0 radical (unpaired) electrons. The summed E-state index contributed by atoms with van der Waals surface area (Å²) in [6.45, 7) is 0.696. The molecule has 4 aliphatic rings. The van der Waals surface area contributed by atoms with Crippen molar-refractivity contribution in [2.45, 2.75) is 18.4 Å². The number of aromatic nitrogens is 1. The van der Waals surface area contributed by atoms with Gasteiger partial charge in [-0.1, -0.05) is 109 Å². The molecule has 5 nitrogen and oxygen atoms in total. The number of amides is 2. The molecule has 43 heavy (non-hydrogen) atoms. The van der Waals surface area contributed by atoms with E-state index in [4.69, 9.17) is 0 Å². The van der Waals surface area contributed by atoms with Gasteiger partial charge in [0.05, 0.1) is 18.1 Å². The molecule has 3 aliphatic carbocycles. The summed E-state index contributed by atoms with van der Waals surface area (Å²) in [6, 6.07) is 39.6. The standard InChI is InChI=1S/C38H27N3O2/c42-37-35-33-28-15-3-4-16-29(28)34(31-18-6-5-17-30(31)33)36(35)38(43)41(37)39-20-25-22-40(32-19-8-7-14-27(25)32)21-24-12-9-11-23-10-1-2-13-26(23)24/h1-20,22,33-36H,21H2/b39-20-/t33?,34?,35-,36-/m1/s1. The molecule has 1 saturated heterocycles. The summed E-state index contributed by atoms with van der Waals surface area (Å²) >= 11 is 0. The van der Waals surface area contributed by atoms with E-state index in [1.54, 1.807) is 6.21 Å². The Hall–Kier alpha value is -5.29. The first kappa shape index (κ1) is 24.3. The Bertz CT molecular complexity index is 2040. The van der Waals surface area contributed by atoms with Crippen molar-refractivity contribution < 1.29 is 9.59 Å². The number of hydrogen-bond donors (Lipinski definition) is 0. The predicted molar refractivity (Wildman–Crippen MR) is 168 cm³/mol. The minimum absolute atomic E-state index is 0.137. The first-order valence-corrected chi connectivity index (χ1v) is 14.8. The summed E-state index contributed by atoms with van der Waals surface area (Å²) in [7, 11) is 0. The van der Waals surface area contributed by atoms with Gasteiger partial charge in [0, 0.05) is 41.0 Å². The van der Waals surface area contributed by atoms with Gasteiger partial charge in [-0.15, -0.1) is 0 Å². The van der Waals surface area contributed by atoms with Gasteiger partial charge in [0.25, 0.3) is 11.8 Å². The first-order chi connectivity index (χ1) is 21.2. The van der Waals surface area contributed by atoms with Crippen LogP contribution in [0.15, 0.2) is 127 Å². The van der Waals surface area contributed by atoms with Crippen LogP contribution in [0.4, 0.5) is 0 Å². The van der Waals surface area contributed by atoms with Gasteiger partial charge in [-0.05, 0) is 44.7 Å². The summed E-state index contributed by atoms with van der Waals surface area (Å²) in [6.07, 6.45) is 3.76. The molecule has 6 aromatic rings. The molecule has 0 N–H and O–H groups in total. The van der Waals surface area contributed by atoms with Gasteiger partial charge < -0.3 is 4.57 Å². The molecule has 0 spiro atoms. The number of hydrogen-bond acceptors (Lipinski definition) is 3. The molecule has 1 fully saturated rings. The molecule has 5 aromatic carbocycles. The maximum atomic E-state index is 14.0. The zero-order valence-corrected chi connectivity index (χ0v) is 23.3. The Labute approximate surface area is 248 Å². The number of para-hydroxylation sites is 1. The zero-order valence-electron chi connectivity index (χ0n) is 23.3. The number of nitrogens with zero attached hydrogens (tertiary/aromatic N) is 3. The summed E-state index contributed by atoms with van der Waals surface area (Å²) in [5, 5.41) is 9.24. The van der Waals surface area contributed by atoms with Crippen molar-refractivity contribution in [1.29, 1.82) is 0 Å². The molecular weight excluding hydrogens is 530 g/mol. The molecule has 10 rings (SSSR count). The highest BCUT2D eigenvalue weighted by molar-refractivity contribution is 6.09. The van der Waals surface area contributed by atoms with E-state index in [1.165, 1.54) is 16.3 Å². The highest BCUT2D eigenvalue weighted by Gasteiger charge is 2.61. The van der Waals surface area contributed by atoms with Gasteiger partial charge in [0.15, 0.2) is 0 Å². The number of benzene rings is 5. The van der Waals surface area contributed by atoms with Crippen LogP contribution in [0.5, 0.6) is 0 Å². The number of fused-ring (bicyclic) bond motifs is 2. The average Bonchev–Trinajstić information content (AvgIpc) is 3.53. The molecule has 2 amide bonds. The van der Waals surface area contributed by atoms with Crippen molar-refractivity contribution in [3.05, 3.63) is 155 Å². The van der Waals surface area contributed by atoms with Crippen LogP contribution in [0.25, 0.3) is 21.7 Å². The van der Waals surface area contributed by atoms with Gasteiger partial charge in [-0.2, -0.15) is 10.1 Å². The van der Waals surface area contributed by atoms with Gasteiger partial charge >= 0.3 is 0 Å². The lowest BCUT2D eigenvalue weighted by atomic mass is 9.55. The quantitative estimate of drug-likeness (QED) is 0.172. The van der Waals surface area contributed by atoms with Crippen LogP contribution in [-0.4, -0.2) is 27.6 Å². The van der Waals surface area contributed by atoms with Crippen molar-refractivity contribution in [1.82, 2.24) is 9.58 Å². The second-order valence-corrected chi connectivity index (χ2v) is 11.9. The van der Waals surface area contributed by atoms with E-state index in [0.717, 1.165) is 43.7 Å². The second kappa shape index (κ2) is 9.10. The van der Waals surface area contributed by atoms with Crippen molar-refractivity contribution in [2.75, 3.05) is 0 Å². The molecule has 2 atom stereocenters. The molecule has 206 valence electrons. The van der Waals surface area contributed by atoms with Crippen LogP contribution >= 0.6 is 0 Å². The number of hydrazone groups is 1. The van der Waals surface area contributed by atoms with Gasteiger partial charge in [-0.3, -0.25) is 9.59 Å². The third-order valence-electron chi connectivity index (χ3n) is 9.78. The van der Waals surface area contributed by atoms with E-state index in [2.05, 4.69) is 94.7 Å². The zero-order chi connectivity index (χ0) is 28.7. The van der Waals surface area contributed by atoms with Gasteiger partial charge in [0.1, 0.15) is 0 Å². The van der Waals surface area contributed by atoms with Crippen molar-refractivity contribution in [2.24, 2.45) is 16.9 Å². The largest absolute Gasteiger partial charge is 0.342 e. The summed E-state index contributed by atoms with van der Waals surface area (Å²) < 4.78 is 2.22. The minimum atomic E-state index is -0.438. The summed E-state index contributed by atoms with van der Waals surface area (Å²) in [5.41, 5.74) is 7.83. The van der Waals surface area contributed by atoms with E-state index < -0.39 is 11.8 Å². The van der Waals surface area contributed by atoms with Crippen LogP contribution in [0.2, 0.25) is 0 Å². The topological polar surface area (TPSA) is 54.7 Å². The number of imide groups is 1. The molecular formula is C38H27N3O2. The van der Waals surface area contributed by atoms with E-state index in [9.17, 15) is 9.59 Å². The van der Waals surface area contributed by atoms with Gasteiger partial charge in [0.2, 0.25) is 0 Å². The van der Waals surface area contributed by atoms with E-state index >= 15 is 0 Å². The van der Waals surface area contributed by atoms with Crippen LogP contribution < -0.4 is 0 Å². The Kier molecular flexibility index (Phi) is 5.15. The summed E-state index contributed by atoms with van der Waals surface area (Å²) in [5.74, 6) is -1.56. The normalized spacial score (nSPS) is 22.0. The van der Waals surface area contributed by atoms with E-state index in [-0.39, 0.29) is 23.7 Å². The molecule has 2 bridgehead atoms. The van der Waals surface area contributed by atoms with E-state index in [1.807, 2.05) is 36.4 Å². The number of carbonyl (C=O) groups excluding carboxylic acids is 2. The first-order valence-electron chi connectivity index (χ1n) is 14.8. The Morgan fingerprint density at radius 3 is 1.79 bits per heavy atom. The van der Waals surface area contributed by atoms with Crippen molar-refractivity contribution in [3.63, 3.8) is 0 Å². The molecule has 0 saturated carbocycles. The predicted octanol–water partition coefficient (Wildman–Crippen LogP) is 7.07. The third kappa shape index (κ3) is 3.42. The molecule has 1 aliphatic heterocycles. The lowest BCUT2D eigenvalue weighted by molar-refractivity contribution is -0.139. The second-order valence-electron chi connectivity index (χ2n) is 11.9. The molecule has 1 aromatic heterocycles. The minimum Gasteiger partial charge on any atom is -0.342 e. The van der Waals surface area contributed by atoms with Gasteiger partial charge in [-0.25, -0.2) is 0 Å². The Balaban J connectivity index is 1.09. The smallest absolute Gasteiger partial charge is 0.254 e.